The quantitative estimate of drug-likeness (QED) is 0.631. The third-order valence-corrected chi connectivity index (χ3v) is 5.29. The summed E-state index contributed by atoms with van der Waals surface area (Å²) in [5.74, 6) is 0.402. The summed E-state index contributed by atoms with van der Waals surface area (Å²) in [6.45, 7) is 1.82. The molecule has 3 rings (SSSR count). The number of anilines is 1. The van der Waals surface area contributed by atoms with Crippen LogP contribution in [0.1, 0.15) is 43.4 Å². The lowest BCUT2D eigenvalue weighted by molar-refractivity contribution is -0.384. The fraction of sp³-hybridized carbons (Fsp3) is 0.400. The second-order valence-corrected chi connectivity index (χ2v) is 6.89. The predicted molar refractivity (Wildman–Crippen MR) is 102 cm³/mol. The highest BCUT2D eigenvalue weighted by atomic mass is 16.6. The number of aromatic nitrogens is 1. The number of non-ortho nitro benzene ring substituents is 1. The van der Waals surface area contributed by atoms with Crippen LogP contribution in [-0.2, 0) is 10.2 Å². The molecule has 1 aromatic carbocycles. The van der Waals surface area contributed by atoms with Crippen molar-refractivity contribution in [3.63, 3.8) is 0 Å². The molecular formula is C20H23N3O4. The van der Waals surface area contributed by atoms with Crippen LogP contribution in [0.3, 0.4) is 0 Å². The molecule has 1 N–H and O–H groups in total. The Balaban J connectivity index is 1.92. The van der Waals surface area contributed by atoms with E-state index in [1.165, 1.54) is 12.1 Å². The smallest absolute Gasteiger partial charge is 0.269 e. The molecule has 0 atom stereocenters. The third-order valence-electron chi connectivity index (χ3n) is 5.29. The lowest BCUT2D eigenvalue weighted by atomic mass is 9.68. The molecule has 0 aliphatic heterocycles. The molecule has 7 heteroatoms. The number of rotatable bonds is 5. The third kappa shape index (κ3) is 3.77. The number of nitro benzene ring substituents is 1. The Morgan fingerprint density at radius 3 is 2.37 bits per heavy atom. The van der Waals surface area contributed by atoms with E-state index in [1.807, 2.05) is 6.92 Å². The maximum Gasteiger partial charge on any atom is 0.269 e. The first-order chi connectivity index (χ1) is 13.0. The molecule has 0 unspecified atom stereocenters. The number of amides is 1. The van der Waals surface area contributed by atoms with E-state index in [2.05, 4.69) is 10.3 Å². The number of hydrogen-bond acceptors (Lipinski definition) is 5. The van der Waals surface area contributed by atoms with E-state index in [0.717, 1.165) is 37.7 Å². The lowest BCUT2D eigenvalue weighted by Gasteiger charge is -2.36. The van der Waals surface area contributed by atoms with Crippen LogP contribution in [0.5, 0.6) is 5.88 Å². The normalized spacial score (nSPS) is 15.8. The van der Waals surface area contributed by atoms with Crippen molar-refractivity contribution < 1.29 is 14.5 Å². The number of nitrogens with one attached hydrogen (secondary N) is 1. The SMILES string of the molecule is COc1ccc(NC(=O)C2(c3ccc([N+](=O)[O-])cc3)CCCCC2)c(C)n1. The van der Waals surface area contributed by atoms with Gasteiger partial charge in [-0.2, -0.15) is 0 Å². The van der Waals surface area contributed by atoms with Crippen molar-refractivity contribution in [2.45, 2.75) is 44.4 Å². The monoisotopic (exact) mass is 369 g/mol. The number of methoxy groups -OCH3 is 1. The molecule has 7 nitrogen and oxygen atoms in total. The molecule has 1 aliphatic carbocycles. The first-order valence-electron chi connectivity index (χ1n) is 9.04. The minimum absolute atomic E-state index is 0.0281. The summed E-state index contributed by atoms with van der Waals surface area (Å²) in [6, 6.07) is 9.86. The van der Waals surface area contributed by atoms with Gasteiger partial charge in [-0.15, -0.1) is 0 Å². The minimum atomic E-state index is -0.681. The van der Waals surface area contributed by atoms with Gasteiger partial charge >= 0.3 is 0 Å². The number of carbonyl (C=O) groups excluding carboxylic acids is 1. The topological polar surface area (TPSA) is 94.4 Å². The molecule has 0 spiro atoms. The zero-order chi connectivity index (χ0) is 19.4. The van der Waals surface area contributed by atoms with E-state index in [1.54, 1.807) is 31.4 Å². The van der Waals surface area contributed by atoms with Crippen molar-refractivity contribution in [2.75, 3.05) is 12.4 Å². The van der Waals surface area contributed by atoms with Gasteiger partial charge in [0.25, 0.3) is 5.69 Å². The molecule has 0 saturated heterocycles. The van der Waals surface area contributed by atoms with Gasteiger partial charge in [0.05, 0.1) is 28.8 Å². The average Bonchev–Trinajstić information content (AvgIpc) is 2.70. The van der Waals surface area contributed by atoms with E-state index in [9.17, 15) is 14.9 Å². The number of pyridine rings is 1. The van der Waals surface area contributed by atoms with Gasteiger partial charge < -0.3 is 10.1 Å². The predicted octanol–water partition coefficient (Wildman–Crippen LogP) is 4.15. The number of hydrogen-bond donors (Lipinski definition) is 1. The van der Waals surface area contributed by atoms with Crippen molar-refractivity contribution in [1.29, 1.82) is 0 Å². The van der Waals surface area contributed by atoms with Gasteiger partial charge in [0.2, 0.25) is 11.8 Å². The van der Waals surface area contributed by atoms with Gasteiger partial charge in [-0.3, -0.25) is 14.9 Å². The summed E-state index contributed by atoms with van der Waals surface area (Å²) in [5, 5.41) is 14.0. The van der Waals surface area contributed by atoms with Crippen molar-refractivity contribution in [3.05, 3.63) is 57.8 Å². The van der Waals surface area contributed by atoms with E-state index in [0.29, 0.717) is 17.3 Å². The number of nitro groups is 1. The summed E-state index contributed by atoms with van der Waals surface area (Å²) < 4.78 is 5.11. The molecule has 142 valence electrons. The second kappa shape index (κ2) is 7.73. The number of carbonyl (C=O) groups is 1. The Hall–Kier alpha value is -2.96. The van der Waals surface area contributed by atoms with Crippen molar-refractivity contribution in [3.8, 4) is 5.88 Å². The number of nitrogens with zero attached hydrogens (tertiary/aromatic N) is 2. The van der Waals surface area contributed by atoms with Gasteiger partial charge in [0.15, 0.2) is 0 Å². The molecular weight excluding hydrogens is 346 g/mol. The van der Waals surface area contributed by atoms with Crippen LogP contribution in [0.4, 0.5) is 11.4 Å². The molecule has 2 aromatic rings. The molecule has 27 heavy (non-hydrogen) atoms. The Kier molecular flexibility index (Phi) is 5.39. The van der Waals surface area contributed by atoms with E-state index in [4.69, 9.17) is 4.74 Å². The Labute approximate surface area is 157 Å². The van der Waals surface area contributed by atoms with E-state index >= 15 is 0 Å². The number of ether oxygens (including phenoxy) is 1. The van der Waals surface area contributed by atoms with Crippen molar-refractivity contribution in [1.82, 2.24) is 4.98 Å². The van der Waals surface area contributed by atoms with Crippen molar-refractivity contribution in [2.24, 2.45) is 0 Å². The molecule has 1 heterocycles. The highest BCUT2D eigenvalue weighted by Crippen LogP contribution is 2.41. The maximum atomic E-state index is 13.3. The molecule has 1 saturated carbocycles. The van der Waals surface area contributed by atoms with Crippen LogP contribution in [0.25, 0.3) is 0 Å². The summed E-state index contributed by atoms with van der Waals surface area (Å²) in [5.41, 5.74) is 1.49. The van der Waals surface area contributed by atoms with Crippen LogP contribution in [0.15, 0.2) is 36.4 Å². The lowest BCUT2D eigenvalue weighted by Crippen LogP contribution is -2.42. The summed E-state index contributed by atoms with van der Waals surface area (Å²) >= 11 is 0. The van der Waals surface area contributed by atoms with Gasteiger partial charge in [-0.25, -0.2) is 4.98 Å². The zero-order valence-corrected chi connectivity index (χ0v) is 15.5. The first kappa shape index (κ1) is 18.8. The van der Waals surface area contributed by atoms with Gasteiger partial charge in [0, 0.05) is 18.2 Å². The molecule has 0 bridgehead atoms. The molecule has 1 aliphatic rings. The summed E-state index contributed by atoms with van der Waals surface area (Å²) in [6.07, 6.45) is 4.43. The van der Waals surface area contributed by atoms with Gasteiger partial charge in [-0.05, 0) is 31.4 Å². The Bertz CT molecular complexity index is 843. The summed E-state index contributed by atoms with van der Waals surface area (Å²) in [7, 11) is 1.55. The van der Waals surface area contributed by atoms with Gasteiger partial charge in [-0.1, -0.05) is 31.4 Å². The molecule has 1 fully saturated rings. The van der Waals surface area contributed by atoms with Crippen LogP contribution >= 0.6 is 0 Å². The summed E-state index contributed by atoms with van der Waals surface area (Å²) in [4.78, 5) is 28.1. The largest absolute Gasteiger partial charge is 0.481 e. The second-order valence-electron chi connectivity index (χ2n) is 6.89. The van der Waals surface area contributed by atoms with Crippen LogP contribution < -0.4 is 10.1 Å². The Morgan fingerprint density at radius 1 is 1.15 bits per heavy atom. The minimum Gasteiger partial charge on any atom is -0.481 e. The number of benzene rings is 1. The first-order valence-corrected chi connectivity index (χ1v) is 9.04. The highest BCUT2D eigenvalue weighted by molar-refractivity contribution is 5.99. The molecule has 0 radical (unpaired) electrons. The van der Waals surface area contributed by atoms with Crippen LogP contribution in [-0.4, -0.2) is 22.9 Å². The zero-order valence-electron chi connectivity index (χ0n) is 15.5. The fourth-order valence-electron chi connectivity index (χ4n) is 3.73. The fourth-order valence-corrected chi connectivity index (χ4v) is 3.73. The van der Waals surface area contributed by atoms with Crippen molar-refractivity contribution >= 4 is 17.3 Å². The van der Waals surface area contributed by atoms with Crippen LogP contribution in [0.2, 0.25) is 0 Å². The standard InChI is InChI=1S/C20H23N3O4/c1-14-17(10-11-18(21-14)27-2)22-19(24)20(12-4-3-5-13-20)15-6-8-16(9-7-15)23(25)26/h6-11H,3-5,12-13H2,1-2H3,(H,22,24). The molecule has 1 aromatic heterocycles. The number of aryl methyl sites for hydroxylation is 1. The average molecular weight is 369 g/mol. The Morgan fingerprint density at radius 2 is 1.81 bits per heavy atom. The van der Waals surface area contributed by atoms with E-state index < -0.39 is 10.3 Å². The van der Waals surface area contributed by atoms with Crippen LogP contribution in [0, 0.1) is 17.0 Å². The van der Waals surface area contributed by atoms with E-state index in [-0.39, 0.29) is 11.6 Å². The molecule has 1 amide bonds. The maximum absolute atomic E-state index is 13.3. The van der Waals surface area contributed by atoms with Gasteiger partial charge in [0.1, 0.15) is 0 Å². The highest BCUT2D eigenvalue weighted by Gasteiger charge is 2.41.